The van der Waals surface area contributed by atoms with Crippen LogP contribution in [0, 0.1) is 5.82 Å². The van der Waals surface area contributed by atoms with Gasteiger partial charge >= 0.3 is 0 Å². The fraction of sp³-hybridized carbons (Fsp3) is 0. The zero-order valence-corrected chi connectivity index (χ0v) is 14.8. The number of ether oxygens (including phenoxy) is 1. The number of nitrogens with zero attached hydrogens (tertiary/aromatic N) is 2. The van der Waals surface area contributed by atoms with E-state index in [0.717, 1.165) is 17.2 Å². The normalized spacial score (nSPS) is 10.3. The molecule has 5 nitrogen and oxygen atoms in total. The van der Waals surface area contributed by atoms with E-state index in [1.165, 1.54) is 12.1 Å². The van der Waals surface area contributed by atoms with Crippen LogP contribution in [0.25, 0.3) is 0 Å². The monoisotopic (exact) mass is 372 g/mol. The minimum absolute atomic E-state index is 0.310. The third-order valence-electron chi connectivity index (χ3n) is 3.84. The second-order valence-corrected chi connectivity index (χ2v) is 5.97. The Bertz CT molecular complexity index is 1060. The van der Waals surface area contributed by atoms with Crippen molar-refractivity contribution in [3.63, 3.8) is 0 Å². The van der Waals surface area contributed by atoms with Crippen LogP contribution in [0.3, 0.4) is 0 Å². The molecule has 0 saturated heterocycles. The maximum absolute atomic E-state index is 13.3. The highest BCUT2D eigenvalue weighted by Crippen LogP contribution is 2.24. The summed E-state index contributed by atoms with van der Waals surface area (Å²) in [5.41, 5.74) is 1.44. The smallest absolute Gasteiger partial charge is 0.229 e. The molecular weight excluding hydrogens is 355 g/mol. The van der Waals surface area contributed by atoms with Crippen LogP contribution in [-0.4, -0.2) is 9.97 Å². The van der Waals surface area contributed by atoms with Gasteiger partial charge < -0.3 is 15.4 Å². The van der Waals surface area contributed by atoms with E-state index < -0.39 is 0 Å². The van der Waals surface area contributed by atoms with Crippen molar-refractivity contribution < 1.29 is 9.13 Å². The fourth-order valence-electron chi connectivity index (χ4n) is 2.56. The van der Waals surface area contributed by atoms with Crippen molar-refractivity contribution in [3.05, 3.63) is 96.9 Å². The highest BCUT2D eigenvalue weighted by Gasteiger charge is 2.03. The second-order valence-electron chi connectivity index (χ2n) is 5.97. The molecule has 1 heterocycles. The molecule has 28 heavy (non-hydrogen) atoms. The number of rotatable bonds is 6. The lowest BCUT2D eigenvalue weighted by Crippen LogP contribution is -2.00. The minimum atomic E-state index is -0.310. The summed E-state index contributed by atoms with van der Waals surface area (Å²) in [6, 6.07) is 25.0. The average Bonchev–Trinajstić information content (AvgIpc) is 2.71. The Morgan fingerprint density at radius 3 is 2.29 bits per heavy atom. The molecular formula is C22H17FN4O. The highest BCUT2D eigenvalue weighted by atomic mass is 19.1. The summed E-state index contributed by atoms with van der Waals surface area (Å²) in [7, 11) is 0. The van der Waals surface area contributed by atoms with E-state index in [9.17, 15) is 4.39 Å². The second kappa shape index (κ2) is 8.18. The highest BCUT2D eigenvalue weighted by molar-refractivity contribution is 5.59. The molecule has 0 aliphatic rings. The number of hydrogen-bond acceptors (Lipinski definition) is 5. The quantitative estimate of drug-likeness (QED) is 0.442. The molecule has 0 unspecified atom stereocenters. The van der Waals surface area contributed by atoms with E-state index in [1.807, 2.05) is 54.6 Å². The minimum Gasteiger partial charge on any atom is -0.457 e. The van der Waals surface area contributed by atoms with Crippen LogP contribution in [0.15, 0.2) is 91.1 Å². The summed E-state index contributed by atoms with van der Waals surface area (Å²) in [5, 5.41) is 6.20. The first-order valence-corrected chi connectivity index (χ1v) is 8.70. The van der Waals surface area contributed by atoms with Gasteiger partial charge in [0.25, 0.3) is 0 Å². The Hall–Kier alpha value is -3.93. The van der Waals surface area contributed by atoms with E-state index >= 15 is 0 Å². The Labute approximate surface area is 161 Å². The molecule has 0 atom stereocenters. The summed E-state index contributed by atoms with van der Waals surface area (Å²) in [5.74, 6) is 2.20. The van der Waals surface area contributed by atoms with Gasteiger partial charge in [0.05, 0.1) is 0 Å². The van der Waals surface area contributed by atoms with Gasteiger partial charge in [0.2, 0.25) is 5.95 Å². The van der Waals surface area contributed by atoms with E-state index in [4.69, 9.17) is 4.74 Å². The number of anilines is 4. The molecule has 4 rings (SSSR count). The Kier molecular flexibility index (Phi) is 5.11. The largest absolute Gasteiger partial charge is 0.457 e. The van der Waals surface area contributed by atoms with Crippen molar-refractivity contribution in [1.82, 2.24) is 9.97 Å². The third kappa shape index (κ3) is 4.62. The van der Waals surface area contributed by atoms with Gasteiger partial charge in [0, 0.05) is 17.6 Å². The number of hydrogen-bond donors (Lipinski definition) is 2. The van der Waals surface area contributed by atoms with E-state index in [2.05, 4.69) is 20.6 Å². The van der Waals surface area contributed by atoms with Gasteiger partial charge in [-0.3, -0.25) is 0 Å². The van der Waals surface area contributed by atoms with Gasteiger partial charge in [-0.2, -0.15) is 4.98 Å². The van der Waals surface area contributed by atoms with Crippen LogP contribution in [0.2, 0.25) is 0 Å². The molecule has 0 spiro atoms. The predicted molar refractivity (Wildman–Crippen MR) is 108 cm³/mol. The van der Waals surface area contributed by atoms with Crippen LogP contribution in [-0.2, 0) is 0 Å². The van der Waals surface area contributed by atoms with Crippen molar-refractivity contribution in [2.24, 2.45) is 0 Å². The average molecular weight is 372 g/mol. The van der Waals surface area contributed by atoms with Crippen LogP contribution in [0.4, 0.5) is 27.5 Å². The van der Waals surface area contributed by atoms with Gasteiger partial charge in [-0.1, -0.05) is 24.3 Å². The molecule has 0 aliphatic carbocycles. The maximum atomic E-state index is 13.3. The summed E-state index contributed by atoms with van der Waals surface area (Å²) >= 11 is 0. The Balaban J connectivity index is 1.42. The lowest BCUT2D eigenvalue weighted by molar-refractivity contribution is 0.483. The first kappa shape index (κ1) is 17.5. The van der Waals surface area contributed by atoms with Gasteiger partial charge in [-0.15, -0.1) is 0 Å². The lowest BCUT2D eigenvalue weighted by Gasteiger charge is -2.09. The van der Waals surface area contributed by atoms with Gasteiger partial charge in [0.1, 0.15) is 23.1 Å². The standard InChI is InChI=1S/C22H17FN4O/c23-16-5-4-6-18(15-16)25-21-13-14-24-22(27-21)26-17-9-11-20(12-10-17)28-19-7-2-1-3-8-19/h1-15H,(H2,24,25,26,27). The molecule has 1 aromatic heterocycles. The van der Waals surface area contributed by atoms with E-state index in [0.29, 0.717) is 17.5 Å². The van der Waals surface area contributed by atoms with Crippen molar-refractivity contribution in [2.45, 2.75) is 0 Å². The molecule has 0 radical (unpaired) electrons. The van der Waals surface area contributed by atoms with Crippen molar-refractivity contribution in [3.8, 4) is 11.5 Å². The molecule has 0 bridgehead atoms. The molecule has 6 heteroatoms. The SMILES string of the molecule is Fc1cccc(Nc2ccnc(Nc3ccc(Oc4ccccc4)cc3)n2)c1. The number of nitrogens with one attached hydrogen (secondary N) is 2. The van der Waals surface area contributed by atoms with Crippen molar-refractivity contribution in [1.29, 1.82) is 0 Å². The topological polar surface area (TPSA) is 59.1 Å². The Morgan fingerprint density at radius 2 is 1.50 bits per heavy atom. The number of aromatic nitrogens is 2. The summed E-state index contributed by atoms with van der Waals surface area (Å²) in [4.78, 5) is 8.61. The molecule has 0 fully saturated rings. The summed E-state index contributed by atoms with van der Waals surface area (Å²) < 4.78 is 19.1. The molecule has 0 aliphatic heterocycles. The number of para-hydroxylation sites is 1. The molecule has 0 amide bonds. The first-order chi connectivity index (χ1) is 13.7. The summed E-state index contributed by atoms with van der Waals surface area (Å²) in [6.45, 7) is 0. The fourth-order valence-corrected chi connectivity index (χ4v) is 2.56. The molecule has 3 aromatic carbocycles. The molecule has 2 N–H and O–H groups in total. The number of benzene rings is 3. The van der Waals surface area contributed by atoms with Crippen molar-refractivity contribution in [2.75, 3.05) is 10.6 Å². The predicted octanol–water partition coefficient (Wildman–Crippen LogP) is 5.90. The van der Waals surface area contributed by atoms with Crippen LogP contribution < -0.4 is 15.4 Å². The molecule has 4 aromatic rings. The van der Waals surface area contributed by atoms with Gasteiger partial charge in [-0.05, 0) is 60.7 Å². The van der Waals surface area contributed by atoms with Crippen LogP contribution >= 0.6 is 0 Å². The van der Waals surface area contributed by atoms with Gasteiger partial charge in [0.15, 0.2) is 0 Å². The molecule has 138 valence electrons. The zero-order valence-electron chi connectivity index (χ0n) is 14.8. The van der Waals surface area contributed by atoms with Crippen LogP contribution in [0.5, 0.6) is 11.5 Å². The van der Waals surface area contributed by atoms with Crippen molar-refractivity contribution >= 4 is 23.1 Å². The zero-order chi connectivity index (χ0) is 19.2. The van der Waals surface area contributed by atoms with Gasteiger partial charge in [-0.25, -0.2) is 9.37 Å². The lowest BCUT2D eigenvalue weighted by atomic mass is 10.3. The number of halogens is 1. The maximum Gasteiger partial charge on any atom is 0.229 e. The first-order valence-electron chi connectivity index (χ1n) is 8.70. The Morgan fingerprint density at radius 1 is 0.714 bits per heavy atom. The van der Waals surface area contributed by atoms with E-state index in [1.54, 1.807) is 24.4 Å². The van der Waals surface area contributed by atoms with Crippen LogP contribution in [0.1, 0.15) is 0 Å². The molecule has 0 saturated carbocycles. The summed E-state index contributed by atoms with van der Waals surface area (Å²) in [6.07, 6.45) is 1.63. The van der Waals surface area contributed by atoms with E-state index in [-0.39, 0.29) is 5.82 Å². The third-order valence-corrected chi connectivity index (χ3v) is 3.84.